The summed E-state index contributed by atoms with van der Waals surface area (Å²) in [5.41, 5.74) is 1.39. The number of nitrogens with one attached hydrogen (secondary N) is 1. The van der Waals surface area contributed by atoms with E-state index in [9.17, 15) is 9.90 Å². The smallest absolute Gasteiger partial charge is 0.234 e. The van der Waals surface area contributed by atoms with E-state index in [4.69, 9.17) is 0 Å². The van der Waals surface area contributed by atoms with Crippen molar-refractivity contribution in [3.05, 3.63) is 54.6 Å². The topological polar surface area (TPSA) is 80.0 Å². The van der Waals surface area contributed by atoms with Crippen LogP contribution in [0.2, 0.25) is 0 Å². The molecule has 0 aliphatic rings. The number of hydrogen-bond donors (Lipinski definition) is 2. The lowest BCUT2D eigenvalue weighted by Crippen LogP contribution is -2.14. The van der Waals surface area contributed by atoms with E-state index in [1.54, 1.807) is 18.2 Å². The van der Waals surface area contributed by atoms with Crippen molar-refractivity contribution in [3.8, 4) is 17.1 Å². The molecule has 1 aromatic heterocycles. The molecule has 2 N–H and O–H groups in total. The maximum absolute atomic E-state index is 12.1. The summed E-state index contributed by atoms with van der Waals surface area (Å²) in [6.07, 6.45) is 0. The first-order valence-electron chi connectivity index (χ1n) is 7.88. The molecular weight excluding hydrogens is 336 g/mol. The fourth-order valence-electron chi connectivity index (χ4n) is 2.39. The SMILES string of the molecule is CCn1c(SCC(=O)Nc2ccccc2)nnc1-c1ccccc1O. The summed E-state index contributed by atoms with van der Waals surface area (Å²) >= 11 is 1.32. The molecule has 0 bridgehead atoms. The number of carbonyl (C=O) groups is 1. The summed E-state index contributed by atoms with van der Waals surface area (Å²) in [5, 5.41) is 21.9. The molecule has 0 spiro atoms. The molecule has 3 aromatic rings. The van der Waals surface area contributed by atoms with Gasteiger partial charge in [0.25, 0.3) is 0 Å². The van der Waals surface area contributed by atoms with Crippen molar-refractivity contribution < 1.29 is 9.90 Å². The molecule has 0 atom stereocenters. The van der Waals surface area contributed by atoms with Gasteiger partial charge in [0.15, 0.2) is 11.0 Å². The summed E-state index contributed by atoms with van der Waals surface area (Å²) in [4.78, 5) is 12.1. The maximum atomic E-state index is 12.1. The molecule has 0 aliphatic carbocycles. The van der Waals surface area contributed by atoms with Crippen LogP contribution in [0, 0.1) is 0 Å². The Morgan fingerprint density at radius 3 is 2.56 bits per heavy atom. The van der Waals surface area contributed by atoms with Crippen molar-refractivity contribution in [1.82, 2.24) is 14.8 Å². The molecule has 1 heterocycles. The van der Waals surface area contributed by atoms with Gasteiger partial charge >= 0.3 is 0 Å². The highest BCUT2D eigenvalue weighted by Crippen LogP contribution is 2.30. The third-order valence-electron chi connectivity index (χ3n) is 3.57. The van der Waals surface area contributed by atoms with E-state index in [2.05, 4.69) is 15.5 Å². The van der Waals surface area contributed by atoms with Crippen molar-refractivity contribution in [3.63, 3.8) is 0 Å². The van der Waals surface area contributed by atoms with Crippen LogP contribution in [0.3, 0.4) is 0 Å². The molecular formula is C18H18N4O2S. The largest absolute Gasteiger partial charge is 0.507 e. The Labute approximate surface area is 149 Å². The van der Waals surface area contributed by atoms with E-state index in [0.29, 0.717) is 23.1 Å². The predicted molar refractivity (Wildman–Crippen MR) is 98.6 cm³/mol. The second-order valence-electron chi connectivity index (χ2n) is 5.27. The number of phenolic OH excluding ortho intramolecular Hbond substituents is 1. The third-order valence-corrected chi connectivity index (χ3v) is 4.53. The molecule has 0 aliphatic heterocycles. The highest BCUT2D eigenvalue weighted by Gasteiger charge is 2.16. The van der Waals surface area contributed by atoms with Gasteiger partial charge in [-0.15, -0.1) is 10.2 Å². The summed E-state index contributed by atoms with van der Waals surface area (Å²) in [5.74, 6) is 0.869. The van der Waals surface area contributed by atoms with E-state index in [0.717, 1.165) is 5.69 Å². The van der Waals surface area contributed by atoms with Gasteiger partial charge in [-0.3, -0.25) is 4.79 Å². The van der Waals surface area contributed by atoms with Crippen LogP contribution >= 0.6 is 11.8 Å². The number of phenols is 1. The lowest BCUT2D eigenvalue weighted by molar-refractivity contribution is -0.113. The number of nitrogens with zero attached hydrogens (tertiary/aromatic N) is 3. The number of anilines is 1. The first kappa shape index (κ1) is 17.0. The van der Waals surface area contributed by atoms with Crippen molar-refractivity contribution >= 4 is 23.4 Å². The molecule has 2 aromatic carbocycles. The fourth-order valence-corrected chi connectivity index (χ4v) is 3.19. The van der Waals surface area contributed by atoms with Crippen LogP contribution in [0.15, 0.2) is 59.8 Å². The number of thioether (sulfide) groups is 1. The van der Waals surface area contributed by atoms with E-state index >= 15 is 0 Å². The molecule has 0 saturated heterocycles. The van der Waals surface area contributed by atoms with Gasteiger partial charge in [-0.2, -0.15) is 0 Å². The Hall–Kier alpha value is -2.80. The summed E-state index contributed by atoms with van der Waals surface area (Å²) in [7, 11) is 0. The van der Waals surface area contributed by atoms with Gasteiger partial charge in [-0.05, 0) is 31.2 Å². The zero-order valence-electron chi connectivity index (χ0n) is 13.7. The molecule has 1 amide bonds. The van der Waals surface area contributed by atoms with Crippen molar-refractivity contribution in [1.29, 1.82) is 0 Å². The molecule has 7 heteroatoms. The number of amides is 1. The van der Waals surface area contributed by atoms with Gasteiger partial charge in [0.2, 0.25) is 5.91 Å². The van der Waals surface area contributed by atoms with Crippen molar-refractivity contribution in [2.45, 2.75) is 18.6 Å². The number of benzene rings is 2. The number of para-hydroxylation sites is 2. The van der Waals surface area contributed by atoms with Gasteiger partial charge in [0.1, 0.15) is 5.75 Å². The standard InChI is InChI=1S/C18H18N4O2S/c1-2-22-17(14-10-6-7-11-15(14)23)20-21-18(22)25-12-16(24)19-13-8-4-3-5-9-13/h3-11,23H,2,12H2,1H3,(H,19,24). The molecule has 6 nitrogen and oxygen atoms in total. The van der Waals surface area contributed by atoms with Gasteiger partial charge in [0.05, 0.1) is 11.3 Å². The van der Waals surface area contributed by atoms with Crippen LogP contribution in [0.1, 0.15) is 6.92 Å². The Morgan fingerprint density at radius 2 is 1.84 bits per heavy atom. The van der Waals surface area contributed by atoms with Crippen LogP contribution in [-0.2, 0) is 11.3 Å². The average Bonchev–Trinajstić information content (AvgIpc) is 3.04. The van der Waals surface area contributed by atoms with Crippen molar-refractivity contribution in [2.75, 3.05) is 11.1 Å². The first-order chi connectivity index (χ1) is 12.2. The Morgan fingerprint density at radius 1 is 1.12 bits per heavy atom. The minimum absolute atomic E-state index is 0.106. The van der Waals surface area contributed by atoms with Crippen LogP contribution in [-0.4, -0.2) is 31.5 Å². The minimum Gasteiger partial charge on any atom is -0.507 e. The first-order valence-corrected chi connectivity index (χ1v) is 8.87. The number of rotatable bonds is 6. The maximum Gasteiger partial charge on any atom is 0.234 e. The zero-order chi connectivity index (χ0) is 17.6. The molecule has 0 saturated carbocycles. The molecule has 0 radical (unpaired) electrons. The van der Waals surface area contributed by atoms with E-state index in [1.807, 2.05) is 47.9 Å². The highest BCUT2D eigenvalue weighted by molar-refractivity contribution is 7.99. The second kappa shape index (κ2) is 7.85. The summed E-state index contributed by atoms with van der Waals surface area (Å²) in [6.45, 7) is 2.61. The monoisotopic (exact) mass is 354 g/mol. The lowest BCUT2D eigenvalue weighted by Gasteiger charge is -2.08. The zero-order valence-corrected chi connectivity index (χ0v) is 14.5. The van der Waals surface area contributed by atoms with Gasteiger partial charge in [-0.1, -0.05) is 42.1 Å². The quantitative estimate of drug-likeness (QED) is 0.663. The fraction of sp³-hybridized carbons (Fsp3) is 0.167. The van der Waals surface area contributed by atoms with Gasteiger partial charge < -0.3 is 15.0 Å². The average molecular weight is 354 g/mol. The highest BCUT2D eigenvalue weighted by atomic mass is 32.2. The summed E-state index contributed by atoms with van der Waals surface area (Å²) in [6, 6.07) is 16.3. The van der Waals surface area contributed by atoms with Crippen LogP contribution in [0.25, 0.3) is 11.4 Å². The Bertz CT molecular complexity index is 865. The Balaban J connectivity index is 1.71. The molecule has 25 heavy (non-hydrogen) atoms. The van der Waals surface area contributed by atoms with E-state index < -0.39 is 0 Å². The third kappa shape index (κ3) is 4.00. The molecule has 0 unspecified atom stereocenters. The van der Waals surface area contributed by atoms with Crippen LogP contribution in [0.5, 0.6) is 5.75 Å². The Kier molecular flexibility index (Phi) is 5.35. The molecule has 3 rings (SSSR count). The minimum atomic E-state index is -0.106. The van der Waals surface area contributed by atoms with E-state index in [1.165, 1.54) is 11.8 Å². The van der Waals surface area contributed by atoms with Crippen LogP contribution < -0.4 is 5.32 Å². The molecule has 0 fully saturated rings. The molecule has 128 valence electrons. The number of aromatic hydroxyl groups is 1. The normalized spacial score (nSPS) is 10.6. The number of carbonyl (C=O) groups excluding carboxylic acids is 1. The van der Waals surface area contributed by atoms with Gasteiger partial charge in [-0.25, -0.2) is 0 Å². The number of aromatic nitrogens is 3. The van der Waals surface area contributed by atoms with E-state index in [-0.39, 0.29) is 17.4 Å². The summed E-state index contributed by atoms with van der Waals surface area (Å²) < 4.78 is 1.88. The second-order valence-corrected chi connectivity index (χ2v) is 6.21. The number of hydrogen-bond acceptors (Lipinski definition) is 5. The lowest BCUT2D eigenvalue weighted by atomic mass is 10.2. The van der Waals surface area contributed by atoms with Gasteiger partial charge in [0, 0.05) is 12.2 Å². The van der Waals surface area contributed by atoms with Crippen LogP contribution in [0.4, 0.5) is 5.69 Å². The predicted octanol–water partition coefficient (Wildman–Crippen LogP) is 3.40. The van der Waals surface area contributed by atoms with Crippen molar-refractivity contribution in [2.24, 2.45) is 0 Å².